The van der Waals surface area contributed by atoms with Crippen LogP contribution in [0.2, 0.25) is 0 Å². The number of hydrogen-bond donors (Lipinski definition) is 0. The van der Waals surface area contributed by atoms with E-state index in [1.165, 1.54) is 6.07 Å². The average Bonchev–Trinajstić information content (AvgIpc) is 2.83. The minimum atomic E-state index is -0.372. The van der Waals surface area contributed by atoms with Crippen LogP contribution in [0.1, 0.15) is 25.5 Å². The van der Waals surface area contributed by atoms with E-state index in [9.17, 15) is 10.1 Å². The Balaban J connectivity index is 2.14. The first-order valence-corrected chi connectivity index (χ1v) is 5.99. The number of aromatic nitrogens is 2. The molecule has 2 heterocycles. The number of nitrogens with zero attached hydrogens (tertiary/aromatic N) is 3. The Morgan fingerprint density at radius 2 is 2.33 bits per heavy atom. The molecule has 0 aliphatic carbocycles. The van der Waals surface area contributed by atoms with Gasteiger partial charge in [-0.1, -0.05) is 12.1 Å². The van der Waals surface area contributed by atoms with Crippen LogP contribution >= 0.6 is 0 Å². The van der Waals surface area contributed by atoms with Gasteiger partial charge in [-0.3, -0.25) is 10.1 Å². The third-order valence-corrected chi connectivity index (χ3v) is 3.22. The van der Waals surface area contributed by atoms with E-state index in [4.69, 9.17) is 4.74 Å². The van der Waals surface area contributed by atoms with Gasteiger partial charge in [-0.2, -0.15) is 5.10 Å². The van der Waals surface area contributed by atoms with Crippen molar-refractivity contribution in [3.05, 3.63) is 34.5 Å². The van der Waals surface area contributed by atoms with Crippen molar-refractivity contribution in [2.24, 2.45) is 0 Å². The Labute approximate surface area is 103 Å². The van der Waals surface area contributed by atoms with Crippen LogP contribution in [-0.2, 0) is 4.74 Å². The van der Waals surface area contributed by atoms with Gasteiger partial charge in [0.25, 0.3) is 5.69 Å². The standard InChI is InChI=1S/C12H13N3O3/c16-15(17)10-5-3-4-9-8-13-14(12(9)10)11-6-1-2-7-18-11/h3-5,8,11H,1-2,6-7H2/t11-/m0/s1. The van der Waals surface area contributed by atoms with Crippen LogP contribution in [0, 0.1) is 10.1 Å². The molecule has 3 rings (SSSR count). The number of ether oxygens (including phenoxy) is 1. The van der Waals surface area contributed by atoms with Gasteiger partial charge < -0.3 is 4.74 Å². The van der Waals surface area contributed by atoms with Crippen LogP contribution < -0.4 is 0 Å². The van der Waals surface area contributed by atoms with Gasteiger partial charge >= 0.3 is 0 Å². The number of nitro benzene ring substituents is 1. The lowest BCUT2D eigenvalue weighted by Crippen LogP contribution is -2.19. The normalized spacial score (nSPS) is 20.1. The molecule has 1 atom stereocenters. The van der Waals surface area contributed by atoms with E-state index in [0.717, 1.165) is 24.6 Å². The summed E-state index contributed by atoms with van der Waals surface area (Å²) in [6, 6.07) is 5.01. The summed E-state index contributed by atoms with van der Waals surface area (Å²) in [6.07, 6.45) is 4.42. The molecule has 0 spiro atoms. The first kappa shape index (κ1) is 11.2. The van der Waals surface area contributed by atoms with Gasteiger partial charge in [0.05, 0.1) is 11.1 Å². The van der Waals surface area contributed by atoms with Gasteiger partial charge in [0.1, 0.15) is 5.52 Å². The average molecular weight is 247 g/mol. The predicted molar refractivity (Wildman–Crippen MR) is 65.2 cm³/mol. The summed E-state index contributed by atoms with van der Waals surface area (Å²) < 4.78 is 7.29. The molecule has 18 heavy (non-hydrogen) atoms. The molecule has 1 fully saturated rings. The monoisotopic (exact) mass is 247 g/mol. The van der Waals surface area contributed by atoms with Gasteiger partial charge in [0.2, 0.25) is 0 Å². The van der Waals surface area contributed by atoms with Crippen LogP contribution in [-0.4, -0.2) is 21.3 Å². The molecule has 0 unspecified atom stereocenters. The van der Waals surface area contributed by atoms with E-state index >= 15 is 0 Å². The fraction of sp³-hybridized carbons (Fsp3) is 0.417. The minimum Gasteiger partial charge on any atom is -0.356 e. The Morgan fingerprint density at radius 3 is 3.06 bits per heavy atom. The number of fused-ring (bicyclic) bond motifs is 1. The number of para-hydroxylation sites is 1. The molecule has 94 valence electrons. The number of hydrogen-bond acceptors (Lipinski definition) is 4. The second-order valence-electron chi connectivity index (χ2n) is 4.38. The van der Waals surface area contributed by atoms with Gasteiger partial charge in [0.15, 0.2) is 6.23 Å². The lowest BCUT2D eigenvalue weighted by Gasteiger charge is -2.23. The maximum atomic E-state index is 11.1. The summed E-state index contributed by atoms with van der Waals surface area (Å²) in [4.78, 5) is 10.7. The third-order valence-electron chi connectivity index (χ3n) is 3.22. The summed E-state index contributed by atoms with van der Waals surface area (Å²) in [7, 11) is 0. The molecule has 0 amide bonds. The lowest BCUT2D eigenvalue weighted by atomic mass is 10.2. The summed E-state index contributed by atoms with van der Waals surface area (Å²) in [5.74, 6) is 0. The van der Waals surface area contributed by atoms with Gasteiger partial charge in [0, 0.05) is 18.1 Å². The maximum Gasteiger partial charge on any atom is 0.295 e. The molecule has 6 nitrogen and oxygen atoms in total. The zero-order valence-electron chi connectivity index (χ0n) is 9.78. The fourth-order valence-electron chi connectivity index (χ4n) is 2.37. The smallest absolute Gasteiger partial charge is 0.295 e. The third kappa shape index (κ3) is 1.74. The molecule has 0 bridgehead atoms. The van der Waals surface area contributed by atoms with Crippen molar-refractivity contribution in [3.8, 4) is 0 Å². The molecule has 2 aromatic rings. The highest BCUT2D eigenvalue weighted by Crippen LogP contribution is 2.31. The van der Waals surface area contributed by atoms with E-state index in [0.29, 0.717) is 12.1 Å². The van der Waals surface area contributed by atoms with E-state index in [2.05, 4.69) is 5.10 Å². The van der Waals surface area contributed by atoms with E-state index in [1.807, 2.05) is 6.07 Å². The summed E-state index contributed by atoms with van der Waals surface area (Å²) >= 11 is 0. The number of rotatable bonds is 2. The summed E-state index contributed by atoms with van der Waals surface area (Å²) in [6.45, 7) is 0.687. The Hall–Kier alpha value is -1.95. The second-order valence-corrected chi connectivity index (χ2v) is 4.38. The molecule has 1 saturated heterocycles. The molecule has 1 aromatic heterocycles. The largest absolute Gasteiger partial charge is 0.356 e. The van der Waals surface area contributed by atoms with Crippen LogP contribution in [0.25, 0.3) is 10.9 Å². The zero-order chi connectivity index (χ0) is 12.5. The number of non-ortho nitro benzene ring substituents is 1. The predicted octanol–water partition coefficient (Wildman–Crippen LogP) is 2.64. The van der Waals surface area contributed by atoms with Crippen molar-refractivity contribution in [1.82, 2.24) is 9.78 Å². The highest BCUT2D eigenvalue weighted by atomic mass is 16.6. The van der Waals surface area contributed by atoms with Crippen LogP contribution in [0.5, 0.6) is 0 Å². The fourth-order valence-corrected chi connectivity index (χ4v) is 2.37. The molecule has 1 aromatic carbocycles. The minimum absolute atomic E-state index is 0.0826. The summed E-state index contributed by atoms with van der Waals surface area (Å²) in [5.41, 5.74) is 0.633. The molecular weight excluding hydrogens is 234 g/mol. The molecule has 1 aliphatic rings. The quantitative estimate of drug-likeness (QED) is 0.604. The first-order chi connectivity index (χ1) is 8.77. The number of benzene rings is 1. The van der Waals surface area contributed by atoms with E-state index in [1.54, 1.807) is 16.9 Å². The van der Waals surface area contributed by atoms with Crippen molar-refractivity contribution in [1.29, 1.82) is 0 Å². The SMILES string of the molecule is O=[N+]([O-])c1cccc2cnn([C@@H]3CCCCO3)c12. The molecular formula is C12H13N3O3. The van der Waals surface area contributed by atoms with Crippen molar-refractivity contribution >= 4 is 16.6 Å². The Bertz CT molecular complexity index is 587. The number of nitro groups is 1. The molecule has 6 heteroatoms. The molecule has 0 N–H and O–H groups in total. The zero-order valence-corrected chi connectivity index (χ0v) is 9.78. The maximum absolute atomic E-state index is 11.1. The van der Waals surface area contributed by atoms with E-state index in [-0.39, 0.29) is 16.8 Å². The summed E-state index contributed by atoms with van der Waals surface area (Å²) in [5, 5.41) is 16.1. The second kappa shape index (κ2) is 4.38. The first-order valence-electron chi connectivity index (χ1n) is 5.99. The van der Waals surface area contributed by atoms with Crippen molar-refractivity contribution < 1.29 is 9.66 Å². The van der Waals surface area contributed by atoms with Crippen molar-refractivity contribution in [3.63, 3.8) is 0 Å². The molecule has 0 saturated carbocycles. The molecule has 1 aliphatic heterocycles. The van der Waals surface area contributed by atoms with Crippen LogP contribution in [0.3, 0.4) is 0 Å². The van der Waals surface area contributed by atoms with E-state index < -0.39 is 0 Å². The Morgan fingerprint density at radius 1 is 1.44 bits per heavy atom. The van der Waals surface area contributed by atoms with Gasteiger partial charge in [-0.15, -0.1) is 0 Å². The Kier molecular flexibility index (Phi) is 2.71. The van der Waals surface area contributed by atoms with Gasteiger partial charge in [-0.25, -0.2) is 4.68 Å². The molecule has 0 radical (unpaired) electrons. The van der Waals surface area contributed by atoms with Crippen LogP contribution in [0.15, 0.2) is 24.4 Å². The van der Waals surface area contributed by atoms with Gasteiger partial charge in [-0.05, 0) is 19.3 Å². The highest BCUT2D eigenvalue weighted by Gasteiger charge is 2.23. The topological polar surface area (TPSA) is 70.2 Å². The van der Waals surface area contributed by atoms with Crippen molar-refractivity contribution in [2.45, 2.75) is 25.5 Å². The lowest BCUT2D eigenvalue weighted by molar-refractivity contribution is -0.383. The van der Waals surface area contributed by atoms with Crippen LogP contribution in [0.4, 0.5) is 5.69 Å². The highest BCUT2D eigenvalue weighted by molar-refractivity contribution is 5.87. The van der Waals surface area contributed by atoms with Crippen molar-refractivity contribution in [2.75, 3.05) is 6.61 Å².